The van der Waals surface area contributed by atoms with E-state index in [1.165, 1.54) is 0 Å². The van der Waals surface area contributed by atoms with Crippen LogP contribution in [0.15, 0.2) is 91.0 Å². The fourth-order valence-corrected chi connectivity index (χ4v) is 3.74. The highest BCUT2D eigenvalue weighted by Crippen LogP contribution is 2.24. The third-order valence-corrected chi connectivity index (χ3v) is 5.48. The molecule has 2 amide bonds. The first kappa shape index (κ1) is 19.1. The predicted octanol–water partition coefficient (Wildman–Crippen LogP) is 5.95. The second-order valence-corrected chi connectivity index (χ2v) is 7.66. The van der Waals surface area contributed by atoms with Crippen molar-refractivity contribution in [3.05, 3.63) is 106 Å². The zero-order valence-corrected chi connectivity index (χ0v) is 17.5. The standard InChI is InChI=1S/C24H17IN2O2/c25-21-13-4-3-12-20(21)24(29)26-18-10-5-9-17(15-18)23(28)27-22-14-6-8-16-7-1-2-11-19(16)22/h1-15H,(H,26,29)(H,27,28). The lowest BCUT2D eigenvalue weighted by atomic mass is 10.1. The molecule has 2 N–H and O–H groups in total. The molecule has 0 unspecified atom stereocenters. The topological polar surface area (TPSA) is 58.2 Å². The van der Waals surface area contributed by atoms with E-state index in [4.69, 9.17) is 0 Å². The molecular formula is C24H17IN2O2. The summed E-state index contributed by atoms with van der Waals surface area (Å²) in [5.74, 6) is -0.437. The van der Waals surface area contributed by atoms with Crippen molar-refractivity contribution in [3.63, 3.8) is 0 Å². The third kappa shape index (κ3) is 4.30. The molecule has 4 aromatic rings. The van der Waals surface area contributed by atoms with E-state index < -0.39 is 0 Å². The van der Waals surface area contributed by atoms with Gasteiger partial charge in [-0.2, -0.15) is 0 Å². The summed E-state index contributed by atoms with van der Waals surface area (Å²) >= 11 is 2.13. The van der Waals surface area contributed by atoms with E-state index in [0.717, 1.165) is 20.0 Å². The molecule has 0 heterocycles. The molecule has 0 fully saturated rings. The van der Waals surface area contributed by atoms with Crippen LogP contribution in [-0.4, -0.2) is 11.8 Å². The van der Waals surface area contributed by atoms with Gasteiger partial charge < -0.3 is 10.6 Å². The van der Waals surface area contributed by atoms with E-state index in [9.17, 15) is 9.59 Å². The average molecular weight is 492 g/mol. The van der Waals surface area contributed by atoms with Gasteiger partial charge in [-0.1, -0.05) is 54.6 Å². The number of hydrogen-bond acceptors (Lipinski definition) is 2. The second-order valence-electron chi connectivity index (χ2n) is 6.50. The largest absolute Gasteiger partial charge is 0.322 e. The number of fused-ring (bicyclic) bond motifs is 1. The number of anilines is 2. The molecular weight excluding hydrogens is 475 g/mol. The van der Waals surface area contributed by atoms with Gasteiger partial charge in [-0.15, -0.1) is 0 Å². The number of hydrogen-bond donors (Lipinski definition) is 2. The number of benzene rings is 4. The Bertz CT molecular complexity index is 1210. The van der Waals surface area contributed by atoms with E-state index in [1.807, 2.05) is 60.7 Å². The van der Waals surface area contributed by atoms with Gasteiger partial charge in [-0.25, -0.2) is 0 Å². The molecule has 0 aromatic heterocycles. The minimum absolute atomic E-state index is 0.207. The molecule has 0 saturated heterocycles. The smallest absolute Gasteiger partial charge is 0.256 e. The summed E-state index contributed by atoms with van der Waals surface area (Å²) < 4.78 is 0.868. The van der Waals surface area contributed by atoms with Crippen LogP contribution in [0.5, 0.6) is 0 Å². The van der Waals surface area contributed by atoms with Crippen molar-refractivity contribution >= 4 is 56.6 Å². The Morgan fingerprint density at radius 1 is 0.690 bits per heavy atom. The minimum atomic E-state index is -0.230. The summed E-state index contributed by atoms with van der Waals surface area (Å²) in [6.45, 7) is 0. The Morgan fingerprint density at radius 2 is 1.41 bits per heavy atom. The van der Waals surface area contributed by atoms with Crippen LogP contribution in [0.3, 0.4) is 0 Å². The summed E-state index contributed by atoms with van der Waals surface area (Å²) in [5, 5.41) is 7.87. The SMILES string of the molecule is O=C(Nc1cccc2ccccc12)c1cccc(NC(=O)c2ccccc2I)c1. The van der Waals surface area contributed by atoms with Crippen LogP contribution in [0.25, 0.3) is 10.8 Å². The van der Waals surface area contributed by atoms with Gasteiger partial charge >= 0.3 is 0 Å². The van der Waals surface area contributed by atoms with Crippen LogP contribution in [0.4, 0.5) is 11.4 Å². The molecule has 0 aliphatic carbocycles. The maximum absolute atomic E-state index is 12.8. The van der Waals surface area contributed by atoms with Crippen molar-refractivity contribution in [2.75, 3.05) is 10.6 Å². The summed E-state index contributed by atoms with van der Waals surface area (Å²) in [6.07, 6.45) is 0. The summed E-state index contributed by atoms with van der Waals surface area (Å²) in [4.78, 5) is 25.3. The number of rotatable bonds is 4. The predicted molar refractivity (Wildman–Crippen MR) is 125 cm³/mol. The number of amides is 2. The van der Waals surface area contributed by atoms with E-state index in [1.54, 1.807) is 30.3 Å². The Hall–Kier alpha value is -3.19. The fraction of sp³-hybridized carbons (Fsp3) is 0. The molecule has 5 heteroatoms. The normalized spacial score (nSPS) is 10.5. The van der Waals surface area contributed by atoms with Gasteiger partial charge in [-0.05, 0) is 64.4 Å². The lowest BCUT2D eigenvalue weighted by Gasteiger charge is -2.11. The molecule has 0 spiro atoms. The van der Waals surface area contributed by atoms with Crippen LogP contribution < -0.4 is 10.6 Å². The van der Waals surface area contributed by atoms with Crippen molar-refractivity contribution in [1.29, 1.82) is 0 Å². The Balaban J connectivity index is 1.54. The monoisotopic (exact) mass is 492 g/mol. The minimum Gasteiger partial charge on any atom is -0.322 e. The quantitative estimate of drug-likeness (QED) is 0.346. The summed E-state index contributed by atoms with van der Waals surface area (Å²) in [6, 6.07) is 28.0. The van der Waals surface area contributed by atoms with Crippen molar-refractivity contribution in [2.24, 2.45) is 0 Å². The third-order valence-electron chi connectivity index (χ3n) is 4.54. The number of carbonyl (C=O) groups is 2. The zero-order valence-electron chi connectivity index (χ0n) is 15.4. The molecule has 0 radical (unpaired) electrons. The van der Waals surface area contributed by atoms with Crippen LogP contribution in [-0.2, 0) is 0 Å². The van der Waals surface area contributed by atoms with Gasteiger partial charge in [0.05, 0.1) is 5.56 Å². The number of carbonyl (C=O) groups excluding carboxylic acids is 2. The van der Waals surface area contributed by atoms with Gasteiger partial charge in [0.1, 0.15) is 0 Å². The van der Waals surface area contributed by atoms with E-state index in [0.29, 0.717) is 16.8 Å². The fourth-order valence-electron chi connectivity index (χ4n) is 3.11. The van der Waals surface area contributed by atoms with E-state index in [2.05, 4.69) is 33.2 Å². The van der Waals surface area contributed by atoms with Gasteiger partial charge in [-0.3, -0.25) is 9.59 Å². The van der Waals surface area contributed by atoms with Crippen molar-refractivity contribution < 1.29 is 9.59 Å². The van der Waals surface area contributed by atoms with Crippen LogP contribution in [0.2, 0.25) is 0 Å². The number of halogens is 1. The number of nitrogens with one attached hydrogen (secondary N) is 2. The highest BCUT2D eigenvalue weighted by molar-refractivity contribution is 14.1. The van der Waals surface area contributed by atoms with Gasteiger partial charge in [0.2, 0.25) is 0 Å². The van der Waals surface area contributed by atoms with Crippen molar-refractivity contribution in [2.45, 2.75) is 0 Å². The average Bonchev–Trinajstić information content (AvgIpc) is 2.74. The molecule has 29 heavy (non-hydrogen) atoms. The molecule has 142 valence electrons. The molecule has 4 rings (SSSR count). The van der Waals surface area contributed by atoms with Crippen LogP contribution in [0, 0.1) is 3.57 Å². The zero-order chi connectivity index (χ0) is 20.2. The molecule has 4 nitrogen and oxygen atoms in total. The Labute approximate surface area is 182 Å². The molecule has 0 aliphatic rings. The Kier molecular flexibility index (Phi) is 5.57. The maximum Gasteiger partial charge on any atom is 0.256 e. The molecule has 4 aromatic carbocycles. The van der Waals surface area contributed by atoms with E-state index in [-0.39, 0.29) is 11.8 Å². The molecule has 0 bridgehead atoms. The molecule has 0 aliphatic heterocycles. The van der Waals surface area contributed by atoms with Gasteiger partial charge in [0, 0.05) is 25.9 Å². The first-order valence-corrected chi connectivity index (χ1v) is 10.1. The molecule has 0 saturated carbocycles. The second kappa shape index (κ2) is 8.45. The van der Waals surface area contributed by atoms with Gasteiger partial charge in [0.25, 0.3) is 11.8 Å². The first-order valence-electron chi connectivity index (χ1n) is 9.07. The summed E-state index contributed by atoms with van der Waals surface area (Å²) in [7, 11) is 0. The highest BCUT2D eigenvalue weighted by atomic mass is 127. The lowest BCUT2D eigenvalue weighted by molar-refractivity contribution is 0.101. The summed E-state index contributed by atoms with van der Waals surface area (Å²) in [5.41, 5.74) is 2.39. The van der Waals surface area contributed by atoms with Crippen molar-refractivity contribution in [1.82, 2.24) is 0 Å². The maximum atomic E-state index is 12.8. The van der Waals surface area contributed by atoms with Gasteiger partial charge in [0.15, 0.2) is 0 Å². The van der Waals surface area contributed by atoms with Crippen LogP contribution in [0.1, 0.15) is 20.7 Å². The first-order chi connectivity index (χ1) is 14.1. The van der Waals surface area contributed by atoms with E-state index >= 15 is 0 Å². The van der Waals surface area contributed by atoms with Crippen LogP contribution >= 0.6 is 22.6 Å². The highest BCUT2D eigenvalue weighted by Gasteiger charge is 2.12. The lowest BCUT2D eigenvalue weighted by Crippen LogP contribution is -2.15. The van der Waals surface area contributed by atoms with Crippen molar-refractivity contribution in [3.8, 4) is 0 Å². The molecule has 0 atom stereocenters. The Morgan fingerprint density at radius 3 is 2.28 bits per heavy atom.